The molecule has 1 aliphatic rings. The molecule has 0 radical (unpaired) electrons. The Morgan fingerprint density at radius 3 is 2.81 bits per heavy atom. The topological polar surface area (TPSA) is 72.7 Å². The third-order valence-corrected chi connectivity index (χ3v) is 4.53. The number of ether oxygens (including phenoxy) is 2. The normalized spacial score (nSPS) is 17.2. The lowest BCUT2D eigenvalue weighted by Gasteiger charge is -2.12. The molecule has 1 saturated heterocycles. The predicted octanol–water partition coefficient (Wildman–Crippen LogP) is 2.15. The van der Waals surface area contributed by atoms with E-state index in [2.05, 4.69) is 34.6 Å². The predicted molar refractivity (Wildman–Crippen MR) is 115 cm³/mol. The van der Waals surface area contributed by atoms with Crippen molar-refractivity contribution in [2.45, 2.75) is 40.2 Å². The van der Waals surface area contributed by atoms with E-state index in [-0.39, 0.29) is 24.0 Å². The minimum atomic E-state index is 0. The summed E-state index contributed by atoms with van der Waals surface area (Å²) in [6.45, 7) is 11.8. The number of nitrogens with one attached hydrogen (secondary N) is 2. The fourth-order valence-electron chi connectivity index (χ4n) is 2.89. The van der Waals surface area contributed by atoms with Crippen molar-refractivity contribution < 1.29 is 9.47 Å². The number of rotatable bonds is 9. The molecule has 0 bridgehead atoms. The summed E-state index contributed by atoms with van der Waals surface area (Å²) in [7, 11) is 1.97. The Hall–Kier alpha value is -0.870. The highest BCUT2D eigenvalue weighted by Crippen LogP contribution is 2.13. The van der Waals surface area contributed by atoms with Crippen LogP contribution >= 0.6 is 24.0 Å². The quantitative estimate of drug-likeness (QED) is 0.246. The van der Waals surface area contributed by atoms with Gasteiger partial charge in [0.15, 0.2) is 5.96 Å². The lowest BCUT2D eigenvalue weighted by Crippen LogP contribution is -2.38. The van der Waals surface area contributed by atoms with E-state index >= 15 is 0 Å². The summed E-state index contributed by atoms with van der Waals surface area (Å²) in [5, 5.41) is 11.1. The molecule has 1 atom stereocenters. The van der Waals surface area contributed by atoms with Crippen LogP contribution in [0.1, 0.15) is 36.7 Å². The van der Waals surface area contributed by atoms with Crippen LogP contribution in [0.2, 0.25) is 0 Å². The van der Waals surface area contributed by atoms with Crippen LogP contribution in [-0.2, 0) is 23.1 Å². The number of hydrogen-bond donors (Lipinski definition) is 2. The van der Waals surface area contributed by atoms with Gasteiger partial charge in [0.1, 0.15) is 0 Å². The van der Waals surface area contributed by atoms with Crippen LogP contribution in [0.4, 0.5) is 0 Å². The Morgan fingerprint density at radius 1 is 1.38 bits per heavy atom. The van der Waals surface area contributed by atoms with Gasteiger partial charge >= 0.3 is 0 Å². The minimum Gasteiger partial charge on any atom is -0.381 e. The van der Waals surface area contributed by atoms with Crippen LogP contribution in [0.25, 0.3) is 0 Å². The molecule has 26 heavy (non-hydrogen) atoms. The molecule has 1 fully saturated rings. The highest BCUT2D eigenvalue weighted by molar-refractivity contribution is 14.0. The van der Waals surface area contributed by atoms with Crippen LogP contribution in [0.3, 0.4) is 0 Å². The molecule has 0 saturated carbocycles. The molecule has 150 valence electrons. The third-order valence-electron chi connectivity index (χ3n) is 4.53. The molecule has 1 aromatic rings. The SMILES string of the molecule is CCNC(=NCc1c(C)nn(C)c1C)NCCCOCC1CCOC1.I. The Kier molecular flexibility index (Phi) is 11.1. The second-order valence-corrected chi connectivity index (χ2v) is 6.55. The van der Waals surface area contributed by atoms with Gasteiger partial charge in [0.05, 0.1) is 25.5 Å². The summed E-state index contributed by atoms with van der Waals surface area (Å²) < 4.78 is 13.0. The van der Waals surface area contributed by atoms with Crippen molar-refractivity contribution >= 4 is 29.9 Å². The molecule has 2 heterocycles. The smallest absolute Gasteiger partial charge is 0.191 e. The zero-order valence-corrected chi connectivity index (χ0v) is 18.8. The Balaban J connectivity index is 0.00000338. The van der Waals surface area contributed by atoms with Crippen LogP contribution in [0.15, 0.2) is 4.99 Å². The first-order chi connectivity index (χ1) is 12.1. The fraction of sp³-hybridized carbons (Fsp3) is 0.778. The lowest BCUT2D eigenvalue weighted by atomic mass is 10.1. The van der Waals surface area contributed by atoms with Gasteiger partial charge in [-0.3, -0.25) is 4.68 Å². The van der Waals surface area contributed by atoms with E-state index in [0.717, 1.165) is 64.0 Å². The molecule has 1 aromatic heterocycles. The van der Waals surface area contributed by atoms with Gasteiger partial charge in [0.2, 0.25) is 0 Å². The maximum absolute atomic E-state index is 5.73. The van der Waals surface area contributed by atoms with Crippen molar-refractivity contribution in [3.63, 3.8) is 0 Å². The molecule has 1 unspecified atom stereocenters. The maximum Gasteiger partial charge on any atom is 0.191 e. The van der Waals surface area contributed by atoms with Gasteiger partial charge in [-0.25, -0.2) is 4.99 Å². The molecule has 0 aromatic carbocycles. The van der Waals surface area contributed by atoms with E-state index in [9.17, 15) is 0 Å². The monoisotopic (exact) mass is 479 g/mol. The number of nitrogens with zero attached hydrogens (tertiary/aromatic N) is 3. The van der Waals surface area contributed by atoms with E-state index in [4.69, 9.17) is 9.47 Å². The molecule has 2 N–H and O–H groups in total. The maximum atomic E-state index is 5.73. The second-order valence-electron chi connectivity index (χ2n) is 6.55. The first-order valence-electron chi connectivity index (χ1n) is 9.28. The summed E-state index contributed by atoms with van der Waals surface area (Å²) in [6, 6.07) is 0. The van der Waals surface area contributed by atoms with Crippen molar-refractivity contribution in [1.82, 2.24) is 20.4 Å². The van der Waals surface area contributed by atoms with Crippen molar-refractivity contribution in [2.24, 2.45) is 18.0 Å². The molecule has 7 nitrogen and oxygen atoms in total. The van der Waals surface area contributed by atoms with E-state index in [1.807, 2.05) is 18.7 Å². The van der Waals surface area contributed by atoms with Gasteiger partial charge < -0.3 is 20.1 Å². The summed E-state index contributed by atoms with van der Waals surface area (Å²) in [4.78, 5) is 4.68. The Bertz CT molecular complexity index is 556. The third kappa shape index (κ3) is 7.40. The number of halogens is 1. The molecule has 8 heteroatoms. The standard InChI is InChI=1S/C18H33N5O2.HI/c1-5-19-18(21-11-17-14(2)22-23(4)15(17)3)20-8-6-9-24-12-16-7-10-25-13-16;/h16H,5-13H2,1-4H3,(H2,19,20,21);1H. The van der Waals surface area contributed by atoms with E-state index in [0.29, 0.717) is 12.5 Å². The highest BCUT2D eigenvalue weighted by Gasteiger charge is 2.15. The van der Waals surface area contributed by atoms with E-state index in [1.54, 1.807) is 0 Å². The average Bonchev–Trinajstić information content (AvgIpc) is 3.18. The summed E-state index contributed by atoms with van der Waals surface area (Å²) >= 11 is 0. The molecule has 0 amide bonds. The highest BCUT2D eigenvalue weighted by atomic mass is 127. The van der Waals surface area contributed by atoms with Crippen LogP contribution in [0.5, 0.6) is 0 Å². The average molecular weight is 479 g/mol. The van der Waals surface area contributed by atoms with Gasteiger partial charge in [-0.2, -0.15) is 5.10 Å². The number of hydrogen-bond acceptors (Lipinski definition) is 4. The van der Waals surface area contributed by atoms with E-state index < -0.39 is 0 Å². The number of aliphatic imine (C=N–C) groups is 1. The van der Waals surface area contributed by atoms with Crippen molar-refractivity contribution in [1.29, 1.82) is 0 Å². The largest absolute Gasteiger partial charge is 0.381 e. The molecule has 0 aliphatic carbocycles. The zero-order chi connectivity index (χ0) is 18.1. The Morgan fingerprint density at radius 2 is 2.19 bits per heavy atom. The van der Waals surface area contributed by atoms with Gasteiger partial charge in [-0.1, -0.05) is 0 Å². The number of aromatic nitrogens is 2. The number of guanidine groups is 1. The molecule has 0 spiro atoms. The van der Waals surface area contributed by atoms with E-state index in [1.165, 1.54) is 11.3 Å². The lowest BCUT2D eigenvalue weighted by molar-refractivity contribution is 0.0888. The van der Waals surface area contributed by atoms with Crippen LogP contribution in [-0.4, -0.2) is 55.3 Å². The van der Waals surface area contributed by atoms with Crippen LogP contribution in [0, 0.1) is 19.8 Å². The fourth-order valence-corrected chi connectivity index (χ4v) is 2.89. The minimum absolute atomic E-state index is 0. The van der Waals surface area contributed by atoms with Gasteiger partial charge in [-0.15, -0.1) is 24.0 Å². The van der Waals surface area contributed by atoms with Crippen molar-refractivity contribution in [3.8, 4) is 0 Å². The first-order valence-corrected chi connectivity index (χ1v) is 9.28. The second kappa shape index (κ2) is 12.5. The van der Waals surface area contributed by atoms with Gasteiger partial charge in [-0.05, 0) is 33.6 Å². The van der Waals surface area contributed by atoms with Gasteiger partial charge in [0, 0.05) is 50.5 Å². The first kappa shape index (κ1) is 23.2. The molecule has 1 aliphatic heterocycles. The summed E-state index contributed by atoms with van der Waals surface area (Å²) in [5.74, 6) is 1.42. The zero-order valence-electron chi connectivity index (χ0n) is 16.5. The summed E-state index contributed by atoms with van der Waals surface area (Å²) in [6.07, 6.45) is 2.09. The molecule has 2 rings (SSSR count). The molecular formula is C18H34IN5O2. The Labute approximate surface area is 174 Å². The van der Waals surface area contributed by atoms with Crippen molar-refractivity contribution in [2.75, 3.05) is 39.5 Å². The van der Waals surface area contributed by atoms with Crippen molar-refractivity contribution in [3.05, 3.63) is 17.0 Å². The number of aryl methyl sites for hydroxylation is 2. The van der Waals surface area contributed by atoms with Gasteiger partial charge in [0.25, 0.3) is 0 Å². The van der Waals surface area contributed by atoms with Crippen LogP contribution < -0.4 is 10.6 Å². The summed E-state index contributed by atoms with van der Waals surface area (Å²) in [5.41, 5.74) is 3.41. The molecular weight excluding hydrogens is 445 g/mol.